The fourth-order valence-corrected chi connectivity index (χ4v) is 2.97. The maximum Gasteiger partial charge on any atom is 0.425 e. The molecule has 6 nitrogen and oxygen atoms in total. The monoisotopic (exact) mass is 451 g/mol. The van der Waals surface area contributed by atoms with Crippen LogP contribution >= 0.6 is 0 Å². The van der Waals surface area contributed by atoms with Crippen molar-refractivity contribution >= 4 is 11.6 Å². The lowest BCUT2D eigenvalue weighted by Gasteiger charge is -2.20. The van der Waals surface area contributed by atoms with Crippen molar-refractivity contribution in [3.63, 3.8) is 0 Å². The van der Waals surface area contributed by atoms with Crippen LogP contribution in [0, 0.1) is 12.7 Å². The van der Waals surface area contributed by atoms with E-state index in [0.717, 1.165) is 19.1 Å². The molecule has 3 rings (SSSR count). The predicted octanol–water partition coefficient (Wildman–Crippen LogP) is 4.61. The molecule has 1 unspecified atom stereocenters. The molecule has 1 aromatic heterocycles. The molecule has 32 heavy (non-hydrogen) atoms. The van der Waals surface area contributed by atoms with Gasteiger partial charge in [0.05, 0.1) is 11.3 Å². The summed E-state index contributed by atoms with van der Waals surface area (Å²) in [5.74, 6) is -1.93. The van der Waals surface area contributed by atoms with Crippen molar-refractivity contribution in [3.05, 3.63) is 65.4 Å². The van der Waals surface area contributed by atoms with E-state index in [1.54, 1.807) is 38.2 Å². The van der Waals surface area contributed by atoms with Gasteiger partial charge in [-0.3, -0.25) is 4.79 Å². The second kappa shape index (κ2) is 8.99. The van der Waals surface area contributed by atoms with Crippen molar-refractivity contribution < 1.29 is 32.2 Å². The summed E-state index contributed by atoms with van der Waals surface area (Å²) < 4.78 is 60.8. The highest BCUT2D eigenvalue weighted by Crippen LogP contribution is 2.34. The molecule has 2 aromatic carbocycles. The molecule has 1 atom stereocenters. The number of nitrogens with one attached hydrogen (secondary N) is 1. The minimum absolute atomic E-state index is 0.0735. The molecule has 0 aliphatic rings. The van der Waals surface area contributed by atoms with Gasteiger partial charge in [-0.1, -0.05) is 18.2 Å². The van der Waals surface area contributed by atoms with Crippen LogP contribution in [0.3, 0.4) is 0 Å². The molecular formula is C22H21F4N3O3. The first-order chi connectivity index (χ1) is 15.0. The average Bonchev–Trinajstić information content (AvgIpc) is 3.10. The Morgan fingerprint density at radius 2 is 1.97 bits per heavy atom. The van der Waals surface area contributed by atoms with Gasteiger partial charge >= 0.3 is 6.18 Å². The van der Waals surface area contributed by atoms with E-state index in [1.807, 2.05) is 0 Å². The van der Waals surface area contributed by atoms with Crippen LogP contribution in [0.25, 0.3) is 11.3 Å². The number of alkyl halides is 3. The van der Waals surface area contributed by atoms with Crippen LogP contribution in [0.2, 0.25) is 0 Å². The molecule has 1 amide bonds. The molecule has 3 aromatic rings. The summed E-state index contributed by atoms with van der Waals surface area (Å²) in [6.45, 7) is 2.11. The average molecular weight is 451 g/mol. The SMILES string of the molecule is Cc1ccccc1NC(=O)c1cc(F)c(-c2cn(C)c(CO)n2)cc1OC(C)C(F)(F)F. The maximum atomic E-state index is 14.9. The molecule has 0 aliphatic heterocycles. The third-order valence-corrected chi connectivity index (χ3v) is 4.86. The zero-order chi connectivity index (χ0) is 23.6. The Bertz CT molecular complexity index is 1140. The molecule has 0 saturated carbocycles. The molecule has 0 bridgehead atoms. The number of imidazole rings is 1. The molecule has 0 fully saturated rings. The molecule has 0 aliphatic carbocycles. The fraction of sp³-hybridized carbons (Fsp3) is 0.273. The second-order valence-electron chi connectivity index (χ2n) is 7.21. The van der Waals surface area contributed by atoms with Gasteiger partial charge in [-0.15, -0.1) is 0 Å². The van der Waals surface area contributed by atoms with Gasteiger partial charge in [0, 0.05) is 24.5 Å². The Morgan fingerprint density at radius 1 is 1.28 bits per heavy atom. The summed E-state index contributed by atoms with van der Waals surface area (Å²) in [5, 5.41) is 11.9. The molecule has 0 saturated heterocycles. The first-order valence-electron chi connectivity index (χ1n) is 9.58. The Labute approximate surface area is 181 Å². The van der Waals surface area contributed by atoms with Crippen molar-refractivity contribution in [2.75, 3.05) is 5.32 Å². The van der Waals surface area contributed by atoms with Crippen LogP contribution in [-0.4, -0.2) is 32.8 Å². The molecular weight excluding hydrogens is 430 g/mol. The number of nitrogens with zero attached hydrogens (tertiary/aromatic N) is 2. The Morgan fingerprint density at radius 3 is 2.56 bits per heavy atom. The van der Waals surface area contributed by atoms with Gasteiger partial charge < -0.3 is 19.7 Å². The van der Waals surface area contributed by atoms with E-state index >= 15 is 0 Å². The van der Waals surface area contributed by atoms with Gasteiger partial charge in [-0.05, 0) is 37.6 Å². The van der Waals surface area contributed by atoms with Crippen molar-refractivity contribution in [1.82, 2.24) is 9.55 Å². The lowest BCUT2D eigenvalue weighted by atomic mass is 10.1. The lowest BCUT2D eigenvalue weighted by Crippen LogP contribution is -2.32. The van der Waals surface area contributed by atoms with Gasteiger partial charge in [0.2, 0.25) is 0 Å². The number of hydrogen-bond acceptors (Lipinski definition) is 4. The molecule has 2 N–H and O–H groups in total. The zero-order valence-corrected chi connectivity index (χ0v) is 17.5. The third-order valence-electron chi connectivity index (χ3n) is 4.86. The van der Waals surface area contributed by atoms with Crippen molar-refractivity contribution in [2.24, 2.45) is 7.05 Å². The van der Waals surface area contributed by atoms with Crippen molar-refractivity contribution in [2.45, 2.75) is 32.7 Å². The number of rotatable bonds is 6. The predicted molar refractivity (Wildman–Crippen MR) is 110 cm³/mol. The standard InChI is InChI=1S/C22H21F4N3O3/c1-12-6-4-5-7-17(12)28-21(31)15-8-16(23)14(18-10-29(3)20(11-30)27-18)9-19(15)32-13(2)22(24,25)26/h4-10,13,30H,11H2,1-3H3,(H,28,31). The lowest BCUT2D eigenvalue weighted by molar-refractivity contribution is -0.189. The minimum Gasteiger partial charge on any atom is -0.480 e. The summed E-state index contributed by atoms with van der Waals surface area (Å²) in [5.41, 5.74) is 0.647. The number of benzene rings is 2. The second-order valence-corrected chi connectivity index (χ2v) is 7.21. The van der Waals surface area contributed by atoms with Crippen LogP contribution in [0.5, 0.6) is 5.75 Å². The van der Waals surface area contributed by atoms with Crippen LogP contribution in [0.4, 0.5) is 23.2 Å². The number of hydrogen-bond donors (Lipinski definition) is 2. The Balaban J connectivity index is 2.07. The molecule has 0 spiro atoms. The number of carbonyl (C=O) groups is 1. The minimum atomic E-state index is -4.70. The summed E-state index contributed by atoms with van der Waals surface area (Å²) in [4.78, 5) is 16.9. The largest absolute Gasteiger partial charge is 0.480 e. The van der Waals surface area contributed by atoms with Gasteiger partial charge in [0.15, 0.2) is 6.10 Å². The van der Waals surface area contributed by atoms with E-state index in [1.165, 1.54) is 10.8 Å². The first kappa shape index (κ1) is 23.3. The number of amides is 1. The Kier molecular flexibility index (Phi) is 6.54. The number of anilines is 1. The van der Waals surface area contributed by atoms with Gasteiger partial charge in [0.1, 0.15) is 24.0 Å². The van der Waals surface area contributed by atoms with Gasteiger partial charge in [0.25, 0.3) is 5.91 Å². The van der Waals surface area contributed by atoms with E-state index < -0.39 is 41.9 Å². The number of aromatic nitrogens is 2. The van der Waals surface area contributed by atoms with E-state index in [-0.39, 0.29) is 17.1 Å². The topological polar surface area (TPSA) is 76.4 Å². The van der Waals surface area contributed by atoms with E-state index in [4.69, 9.17) is 4.74 Å². The molecule has 0 radical (unpaired) electrons. The number of carbonyl (C=O) groups excluding carboxylic acids is 1. The number of para-hydroxylation sites is 1. The normalized spacial score (nSPS) is 12.5. The highest BCUT2D eigenvalue weighted by molar-refractivity contribution is 6.07. The zero-order valence-electron chi connectivity index (χ0n) is 17.5. The van der Waals surface area contributed by atoms with Crippen LogP contribution in [-0.2, 0) is 13.7 Å². The number of halogens is 4. The van der Waals surface area contributed by atoms with Crippen LogP contribution in [0.1, 0.15) is 28.7 Å². The number of aryl methyl sites for hydroxylation is 2. The smallest absolute Gasteiger partial charge is 0.425 e. The van der Waals surface area contributed by atoms with Crippen molar-refractivity contribution in [3.8, 4) is 17.0 Å². The van der Waals surface area contributed by atoms with Crippen LogP contribution < -0.4 is 10.1 Å². The highest BCUT2D eigenvalue weighted by atomic mass is 19.4. The third kappa shape index (κ3) is 4.91. The summed E-state index contributed by atoms with van der Waals surface area (Å²) >= 11 is 0. The summed E-state index contributed by atoms with van der Waals surface area (Å²) in [6.07, 6.45) is -5.54. The van der Waals surface area contributed by atoms with E-state index in [9.17, 15) is 27.5 Å². The molecule has 170 valence electrons. The molecule has 1 heterocycles. The first-order valence-corrected chi connectivity index (χ1v) is 9.58. The van der Waals surface area contributed by atoms with Crippen molar-refractivity contribution in [1.29, 1.82) is 0 Å². The number of ether oxygens (including phenoxy) is 1. The number of aliphatic hydroxyl groups is 1. The number of aliphatic hydroxyl groups excluding tert-OH is 1. The molecule has 10 heteroatoms. The van der Waals surface area contributed by atoms with Gasteiger partial charge in [-0.2, -0.15) is 13.2 Å². The quantitative estimate of drug-likeness (QED) is 0.537. The maximum absolute atomic E-state index is 14.9. The Hall–Kier alpha value is -3.40. The van der Waals surface area contributed by atoms with E-state index in [2.05, 4.69) is 10.3 Å². The highest BCUT2D eigenvalue weighted by Gasteiger charge is 2.39. The van der Waals surface area contributed by atoms with Crippen LogP contribution in [0.15, 0.2) is 42.6 Å². The van der Waals surface area contributed by atoms with E-state index in [0.29, 0.717) is 11.3 Å². The summed E-state index contributed by atoms with van der Waals surface area (Å²) in [6, 6.07) is 8.60. The fourth-order valence-electron chi connectivity index (χ4n) is 2.97. The van der Waals surface area contributed by atoms with Gasteiger partial charge in [-0.25, -0.2) is 9.37 Å². The summed E-state index contributed by atoms with van der Waals surface area (Å²) in [7, 11) is 1.58.